The number of carbonyl (C=O) groups is 2. The van der Waals surface area contributed by atoms with E-state index in [4.69, 9.17) is 27.9 Å². The van der Waals surface area contributed by atoms with Gasteiger partial charge in [-0.1, -0.05) is 34.5 Å². The Labute approximate surface area is 180 Å². The Morgan fingerprint density at radius 1 is 1.31 bits per heavy atom. The molecule has 1 fully saturated rings. The minimum atomic E-state index is -4.70. The van der Waals surface area contributed by atoms with E-state index in [0.29, 0.717) is 21.7 Å². The van der Waals surface area contributed by atoms with E-state index in [1.807, 2.05) is 0 Å². The first kappa shape index (κ1) is 21.9. The van der Waals surface area contributed by atoms with Crippen LogP contribution in [-0.2, 0) is 10.9 Å². The van der Waals surface area contributed by atoms with Crippen LogP contribution in [0.5, 0.6) is 0 Å². The van der Waals surface area contributed by atoms with Crippen molar-refractivity contribution >= 4 is 62.8 Å². The Morgan fingerprint density at radius 3 is 2.66 bits per heavy atom. The molecule has 1 aliphatic heterocycles. The van der Waals surface area contributed by atoms with Gasteiger partial charge < -0.3 is 9.64 Å². The molecule has 7 nitrogen and oxygen atoms in total. The summed E-state index contributed by atoms with van der Waals surface area (Å²) in [6, 6.07) is 3.87. The number of hydrogen-bond donors (Lipinski definition) is 0. The van der Waals surface area contributed by atoms with Crippen molar-refractivity contribution in [1.82, 2.24) is 15.1 Å². The zero-order valence-corrected chi connectivity index (χ0v) is 17.6. The van der Waals surface area contributed by atoms with Crippen LogP contribution in [-0.4, -0.2) is 46.3 Å². The third-order valence-corrected chi connectivity index (χ3v) is 6.18. The Bertz CT molecular complexity index is 944. The number of carbonyl (C=O) groups excluding carboxylic acids is 2. The lowest BCUT2D eigenvalue weighted by Gasteiger charge is -2.37. The van der Waals surface area contributed by atoms with Crippen LogP contribution in [0.15, 0.2) is 23.1 Å². The fourth-order valence-electron chi connectivity index (χ4n) is 2.35. The van der Waals surface area contributed by atoms with E-state index in [1.165, 1.54) is 24.1 Å². The molecule has 1 unspecified atom stereocenters. The summed E-state index contributed by atoms with van der Waals surface area (Å²) in [5.74, 6) is 0. The first-order valence-corrected chi connectivity index (χ1v) is 10.2. The summed E-state index contributed by atoms with van der Waals surface area (Å²) in [7, 11) is 1.48. The van der Waals surface area contributed by atoms with E-state index in [-0.39, 0.29) is 34.5 Å². The number of urea groups is 1. The molecule has 0 radical (unpaired) electrons. The lowest BCUT2D eigenvalue weighted by Crippen LogP contribution is -2.54. The topological polar surface area (TPSA) is 75.6 Å². The lowest BCUT2D eigenvalue weighted by atomic mass is 10.3. The fraction of sp³-hybridized carbons (Fsp3) is 0.333. The van der Waals surface area contributed by atoms with Crippen molar-refractivity contribution in [3.05, 3.63) is 33.3 Å². The highest BCUT2D eigenvalue weighted by Crippen LogP contribution is 2.37. The highest BCUT2D eigenvalue weighted by atomic mass is 35.5. The van der Waals surface area contributed by atoms with Crippen molar-refractivity contribution < 1.29 is 27.5 Å². The van der Waals surface area contributed by atoms with Crippen LogP contribution >= 0.6 is 46.3 Å². The standard InChI is InChI=1S/C15H11Cl2F3N4O3S2/c1-23-5-4-10(27-14(26)28-7-2-3-8(16)9(17)6-7)24(13(23)25)12-22-21-11(29-12)15(18,19)20/h2-3,6,10H,4-5H2,1H3. The van der Waals surface area contributed by atoms with Gasteiger partial charge in [0.25, 0.3) is 0 Å². The summed E-state index contributed by atoms with van der Waals surface area (Å²) in [6.45, 7) is 0.246. The van der Waals surface area contributed by atoms with Gasteiger partial charge in [-0.2, -0.15) is 13.2 Å². The van der Waals surface area contributed by atoms with Crippen molar-refractivity contribution in [3.63, 3.8) is 0 Å². The number of hydrogen-bond acceptors (Lipinski definition) is 7. The number of alkyl halides is 3. The van der Waals surface area contributed by atoms with Gasteiger partial charge in [-0.25, -0.2) is 14.5 Å². The van der Waals surface area contributed by atoms with Crippen LogP contribution < -0.4 is 4.90 Å². The van der Waals surface area contributed by atoms with Crippen LogP contribution in [0.1, 0.15) is 11.4 Å². The van der Waals surface area contributed by atoms with E-state index in [0.717, 1.165) is 4.90 Å². The summed E-state index contributed by atoms with van der Waals surface area (Å²) >= 11 is 12.6. The number of benzene rings is 1. The number of ether oxygens (including phenoxy) is 1. The van der Waals surface area contributed by atoms with Gasteiger partial charge in [0.1, 0.15) is 0 Å². The first-order valence-electron chi connectivity index (χ1n) is 7.85. The highest BCUT2D eigenvalue weighted by molar-refractivity contribution is 8.13. The molecule has 1 aromatic carbocycles. The molecule has 1 saturated heterocycles. The molecule has 1 atom stereocenters. The minimum absolute atomic E-state index is 0.177. The maximum absolute atomic E-state index is 12.8. The Kier molecular flexibility index (Phi) is 6.46. The predicted molar refractivity (Wildman–Crippen MR) is 103 cm³/mol. The van der Waals surface area contributed by atoms with Gasteiger partial charge in [-0.15, -0.1) is 10.2 Å². The first-order chi connectivity index (χ1) is 13.6. The van der Waals surface area contributed by atoms with Crippen LogP contribution in [0.2, 0.25) is 10.0 Å². The van der Waals surface area contributed by atoms with Crippen molar-refractivity contribution in [2.45, 2.75) is 23.7 Å². The number of anilines is 1. The van der Waals surface area contributed by atoms with Crippen molar-refractivity contribution in [2.24, 2.45) is 0 Å². The van der Waals surface area contributed by atoms with Crippen LogP contribution in [0.4, 0.5) is 27.9 Å². The van der Waals surface area contributed by atoms with Gasteiger partial charge in [0.05, 0.1) is 10.0 Å². The molecule has 29 heavy (non-hydrogen) atoms. The Hall–Kier alpha value is -1.76. The molecule has 14 heteroatoms. The minimum Gasteiger partial charge on any atom is -0.433 e. The average molecular weight is 487 g/mol. The monoisotopic (exact) mass is 486 g/mol. The predicted octanol–water partition coefficient (Wildman–Crippen LogP) is 5.38. The van der Waals surface area contributed by atoms with Crippen LogP contribution in [0.3, 0.4) is 0 Å². The molecule has 1 aliphatic rings. The smallest absolute Gasteiger partial charge is 0.433 e. The van der Waals surface area contributed by atoms with Gasteiger partial charge in [-0.3, -0.25) is 0 Å². The third-order valence-electron chi connectivity index (χ3n) is 3.72. The maximum Gasteiger partial charge on any atom is 0.445 e. The van der Waals surface area contributed by atoms with Crippen LogP contribution in [0.25, 0.3) is 0 Å². The maximum atomic E-state index is 12.8. The summed E-state index contributed by atoms with van der Waals surface area (Å²) in [5, 5.41) is 4.80. The molecule has 0 aliphatic carbocycles. The van der Waals surface area contributed by atoms with E-state index in [9.17, 15) is 22.8 Å². The molecule has 2 heterocycles. The van der Waals surface area contributed by atoms with Gasteiger partial charge in [0.2, 0.25) is 10.1 Å². The van der Waals surface area contributed by atoms with E-state index in [1.54, 1.807) is 6.07 Å². The largest absolute Gasteiger partial charge is 0.445 e. The highest BCUT2D eigenvalue weighted by Gasteiger charge is 2.41. The molecule has 3 rings (SSSR count). The molecule has 0 N–H and O–H groups in total. The zero-order valence-electron chi connectivity index (χ0n) is 14.4. The van der Waals surface area contributed by atoms with Gasteiger partial charge in [0, 0.05) is 24.9 Å². The molecule has 1 aromatic heterocycles. The number of aromatic nitrogens is 2. The van der Waals surface area contributed by atoms with Crippen molar-refractivity contribution in [2.75, 3.05) is 18.5 Å². The lowest BCUT2D eigenvalue weighted by molar-refractivity contribution is -0.138. The Balaban J connectivity index is 1.78. The number of rotatable bonds is 3. The van der Waals surface area contributed by atoms with Crippen LogP contribution in [0, 0.1) is 0 Å². The molecule has 0 saturated carbocycles. The SMILES string of the molecule is CN1CCC(OC(=O)Sc2ccc(Cl)c(Cl)c2)N(c2nnc(C(F)(F)F)s2)C1=O. The molecular formula is C15H11Cl2F3N4O3S2. The second kappa shape index (κ2) is 8.54. The fourth-order valence-corrected chi connectivity index (χ4v) is 4.12. The van der Waals surface area contributed by atoms with E-state index < -0.39 is 28.7 Å². The normalized spacial score (nSPS) is 17.6. The number of halogens is 5. The molecule has 0 bridgehead atoms. The van der Waals surface area contributed by atoms with Gasteiger partial charge in [0.15, 0.2) is 6.23 Å². The second-order valence-electron chi connectivity index (χ2n) is 5.75. The number of amides is 2. The number of thioether (sulfide) groups is 1. The molecular weight excluding hydrogens is 476 g/mol. The number of nitrogens with zero attached hydrogens (tertiary/aromatic N) is 4. The molecule has 2 aromatic rings. The summed E-state index contributed by atoms with van der Waals surface area (Å²) in [6.07, 6.45) is -5.65. The van der Waals surface area contributed by atoms with Gasteiger partial charge in [-0.05, 0) is 30.0 Å². The van der Waals surface area contributed by atoms with Crippen molar-refractivity contribution in [1.29, 1.82) is 0 Å². The molecule has 2 amide bonds. The summed E-state index contributed by atoms with van der Waals surface area (Å²) < 4.78 is 43.8. The second-order valence-corrected chi connectivity index (χ2v) is 8.53. The quantitative estimate of drug-likeness (QED) is 0.428. The molecule has 0 spiro atoms. The Morgan fingerprint density at radius 2 is 2.03 bits per heavy atom. The zero-order chi connectivity index (χ0) is 21.3. The average Bonchev–Trinajstić information content (AvgIpc) is 3.11. The summed E-state index contributed by atoms with van der Waals surface area (Å²) in [5.41, 5.74) is 0. The van der Waals surface area contributed by atoms with E-state index >= 15 is 0 Å². The molecule has 156 valence electrons. The summed E-state index contributed by atoms with van der Waals surface area (Å²) in [4.78, 5) is 27.4. The van der Waals surface area contributed by atoms with E-state index in [2.05, 4.69) is 10.2 Å². The van der Waals surface area contributed by atoms with Crippen molar-refractivity contribution in [3.8, 4) is 0 Å². The van der Waals surface area contributed by atoms with Gasteiger partial charge >= 0.3 is 17.5 Å². The third kappa shape index (κ3) is 5.05.